The van der Waals surface area contributed by atoms with Gasteiger partial charge in [0.1, 0.15) is 0 Å². The van der Waals surface area contributed by atoms with Gasteiger partial charge in [0.25, 0.3) is 0 Å². The highest BCUT2D eigenvalue weighted by atomic mass is 35.5. The van der Waals surface area contributed by atoms with Crippen molar-refractivity contribution in [3.63, 3.8) is 0 Å². The zero-order valence-electron chi connectivity index (χ0n) is 12.2. The Hall–Kier alpha value is -0.570. The number of hydrogen-bond acceptors (Lipinski definition) is 2. The van der Waals surface area contributed by atoms with Gasteiger partial charge in [-0.3, -0.25) is 4.90 Å². The zero-order valence-corrected chi connectivity index (χ0v) is 13.0. The molecule has 0 aliphatic carbocycles. The molecule has 0 amide bonds. The summed E-state index contributed by atoms with van der Waals surface area (Å²) >= 11 is 6.06. The van der Waals surface area contributed by atoms with Crippen LogP contribution in [-0.4, -0.2) is 29.6 Å². The van der Waals surface area contributed by atoms with Gasteiger partial charge < -0.3 is 5.32 Å². The van der Waals surface area contributed by atoms with Crippen molar-refractivity contribution in [1.29, 1.82) is 0 Å². The Morgan fingerprint density at radius 3 is 2.84 bits per heavy atom. The van der Waals surface area contributed by atoms with Crippen LogP contribution in [0.3, 0.4) is 0 Å². The van der Waals surface area contributed by atoms with Crippen molar-refractivity contribution in [2.24, 2.45) is 0 Å². The lowest BCUT2D eigenvalue weighted by Crippen LogP contribution is -2.44. The van der Waals surface area contributed by atoms with Gasteiger partial charge in [-0.2, -0.15) is 0 Å². The van der Waals surface area contributed by atoms with Crippen LogP contribution in [0.2, 0.25) is 5.02 Å². The van der Waals surface area contributed by atoms with Crippen LogP contribution in [0.5, 0.6) is 0 Å². The molecular formula is C16H25ClN2. The van der Waals surface area contributed by atoms with E-state index in [1.807, 2.05) is 12.1 Å². The molecule has 1 aromatic rings. The minimum atomic E-state index is 0.199. The van der Waals surface area contributed by atoms with E-state index in [4.69, 9.17) is 11.6 Å². The van der Waals surface area contributed by atoms with Crippen LogP contribution in [0.1, 0.15) is 39.2 Å². The lowest BCUT2D eigenvalue weighted by Gasteiger charge is -2.29. The lowest BCUT2D eigenvalue weighted by atomic mass is 10.1. The van der Waals surface area contributed by atoms with Crippen molar-refractivity contribution in [2.45, 2.75) is 51.7 Å². The topological polar surface area (TPSA) is 15.3 Å². The Morgan fingerprint density at radius 2 is 2.16 bits per heavy atom. The van der Waals surface area contributed by atoms with E-state index in [-0.39, 0.29) is 5.54 Å². The normalized spacial score (nSPS) is 20.9. The predicted molar refractivity (Wildman–Crippen MR) is 82.6 cm³/mol. The van der Waals surface area contributed by atoms with Crippen LogP contribution in [0.4, 0.5) is 0 Å². The molecular weight excluding hydrogens is 256 g/mol. The fourth-order valence-corrected chi connectivity index (χ4v) is 2.84. The second kappa shape index (κ2) is 6.25. The summed E-state index contributed by atoms with van der Waals surface area (Å²) in [5.74, 6) is 0. The molecule has 1 unspecified atom stereocenters. The molecule has 1 atom stereocenters. The maximum Gasteiger partial charge on any atom is 0.0409 e. The third-order valence-electron chi connectivity index (χ3n) is 3.64. The highest BCUT2D eigenvalue weighted by Crippen LogP contribution is 2.21. The number of nitrogens with one attached hydrogen (secondary N) is 1. The SMILES string of the molecule is CC(C)(C)NCC1CCCN1Cc1cccc(Cl)c1. The molecule has 2 nitrogen and oxygen atoms in total. The maximum absolute atomic E-state index is 6.06. The quantitative estimate of drug-likeness (QED) is 0.905. The average molecular weight is 281 g/mol. The Morgan fingerprint density at radius 1 is 1.37 bits per heavy atom. The minimum absolute atomic E-state index is 0.199. The molecule has 1 saturated heterocycles. The monoisotopic (exact) mass is 280 g/mol. The first-order valence-corrected chi connectivity index (χ1v) is 7.55. The Bertz CT molecular complexity index is 411. The molecule has 0 bridgehead atoms. The van der Waals surface area contributed by atoms with Crippen molar-refractivity contribution in [1.82, 2.24) is 10.2 Å². The van der Waals surface area contributed by atoms with Gasteiger partial charge in [-0.05, 0) is 57.9 Å². The number of rotatable bonds is 4. The standard InChI is InChI=1S/C16H25ClN2/c1-16(2,3)18-11-15-8-5-9-19(15)12-13-6-4-7-14(17)10-13/h4,6-7,10,15,18H,5,8-9,11-12H2,1-3H3. The summed E-state index contributed by atoms with van der Waals surface area (Å²) in [4.78, 5) is 2.57. The molecule has 1 N–H and O–H groups in total. The summed E-state index contributed by atoms with van der Waals surface area (Å²) in [6.45, 7) is 9.96. The van der Waals surface area contributed by atoms with Crippen LogP contribution in [0, 0.1) is 0 Å². The number of nitrogens with zero attached hydrogens (tertiary/aromatic N) is 1. The molecule has 0 radical (unpaired) electrons. The van der Waals surface area contributed by atoms with E-state index in [0.29, 0.717) is 6.04 Å². The Kier molecular flexibility index (Phi) is 4.88. The zero-order chi connectivity index (χ0) is 13.9. The predicted octanol–water partition coefficient (Wildman–Crippen LogP) is 3.69. The summed E-state index contributed by atoms with van der Waals surface area (Å²) in [6, 6.07) is 8.87. The Balaban J connectivity index is 1.92. The molecule has 106 valence electrons. The van der Waals surface area contributed by atoms with E-state index in [0.717, 1.165) is 18.1 Å². The third-order valence-corrected chi connectivity index (χ3v) is 3.88. The molecule has 3 heteroatoms. The molecule has 0 aromatic heterocycles. The second-order valence-corrected chi connectivity index (χ2v) is 6.96. The number of benzene rings is 1. The van der Waals surface area contributed by atoms with E-state index < -0.39 is 0 Å². The average Bonchev–Trinajstić information content (AvgIpc) is 2.73. The largest absolute Gasteiger partial charge is 0.311 e. The lowest BCUT2D eigenvalue weighted by molar-refractivity contribution is 0.226. The van der Waals surface area contributed by atoms with Crippen molar-refractivity contribution in [3.05, 3.63) is 34.9 Å². The van der Waals surface area contributed by atoms with Crippen molar-refractivity contribution in [2.75, 3.05) is 13.1 Å². The fourth-order valence-electron chi connectivity index (χ4n) is 2.63. The molecule has 19 heavy (non-hydrogen) atoms. The van der Waals surface area contributed by atoms with Crippen LogP contribution in [0.15, 0.2) is 24.3 Å². The minimum Gasteiger partial charge on any atom is -0.311 e. The van der Waals surface area contributed by atoms with Crippen molar-refractivity contribution < 1.29 is 0 Å². The summed E-state index contributed by atoms with van der Waals surface area (Å²) in [5, 5.41) is 4.46. The maximum atomic E-state index is 6.06. The highest BCUT2D eigenvalue weighted by Gasteiger charge is 2.25. The van der Waals surface area contributed by atoms with Gasteiger partial charge in [-0.25, -0.2) is 0 Å². The van der Waals surface area contributed by atoms with E-state index in [1.54, 1.807) is 0 Å². The van der Waals surface area contributed by atoms with Crippen molar-refractivity contribution >= 4 is 11.6 Å². The van der Waals surface area contributed by atoms with E-state index >= 15 is 0 Å². The molecule has 1 heterocycles. The fraction of sp³-hybridized carbons (Fsp3) is 0.625. The van der Waals surface area contributed by atoms with Crippen LogP contribution >= 0.6 is 11.6 Å². The third kappa shape index (κ3) is 4.79. The number of hydrogen-bond donors (Lipinski definition) is 1. The first-order valence-electron chi connectivity index (χ1n) is 7.17. The molecule has 2 rings (SSSR count). The number of halogens is 1. The van der Waals surface area contributed by atoms with Crippen LogP contribution in [-0.2, 0) is 6.54 Å². The van der Waals surface area contributed by atoms with Crippen molar-refractivity contribution in [3.8, 4) is 0 Å². The van der Waals surface area contributed by atoms with E-state index in [9.17, 15) is 0 Å². The van der Waals surface area contributed by atoms with Gasteiger partial charge in [-0.1, -0.05) is 23.7 Å². The van der Waals surface area contributed by atoms with Gasteiger partial charge >= 0.3 is 0 Å². The van der Waals surface area contributed by atoms with Gasteiger partial charge in [0.05, 0.1) is 0 Å². The summed E-state index contributed by atoms with van der Waals surface area (Å²) in [6.07, 6.45) is 2.60. The van der Waals surface area contributed by atoms with Gasteiger partial charge in [0, 0.05) is 29.7 Å². The van der Waals surface area contributed by atoms with Crippen LogP contribution < -0.4 is 5.32 Å². The molecule has 1 aliphatic rings. The second-order valence-electron chi connectivity index (χ2n) is 6.53. The molecule has 1 aromatic carbocycles. The van der Waals surface area contributed by atoms with E-state index in [2.05, 4.69) is 43.1 Å². The molecule has 1 fully saturated rings. The highest BCUT2D eigenvalue weighted by molar-refractivity contribution is 6.30. The first-order chi connectivity index (χ1) is 8.94. The smallest absolute Gasteiger partial charge is 0.0409 e. The van der Waals surface area contributed by atoms with E-state index in [1.165, 1.54) is 24.9 Å². The van der Waals surface area contributed by atoms with Gasteiger partial charge in [0.15, 0.2) is 0 Å². The summed E-state index contributed by atoms with van der Waals surface area (Å²) in [5.41, 5.74) is 1.51. The van der Waals surface area contributed by atoms with Crippen LogP contribution in [0.25, 0.3) is 0 Å². The summed E-state index contributed by atoms with van der Waals surface area (Å²) in [7, 11) is 0. The molecule has 0 spiro atoms. The van der Waals surface area contributed by atoms with Gasteiger partial charge in [0.2, 0.25) is 0 Å². The molecule has 1 aliphatic heterocycles. The molecule has 0 saturated carbocycles. The summed E-state index contributed by atoms with van der Waals surface area (Å²) < 4.78 is 0. The van der Waals surface area contributed by atoms with Gasteiger partial charge in [-0.15, -0.1) is 0 Å². The number of likely N-dealkylation sites (tertiary alicyclic amines) is 1. The first kappa shape index (κ1) is 14.8. The Labute approximate surface area is 122 Å².